The number of halogens is 1. The van der Waals surface area contributed by atoms with Crippen molar-refractivity contribution in [1.29, 1.82) is 0 Å². The zero-order valence-electron chi connectivity index (χ0n) is 15.2. The first-order chi connectivity index (χ1) is 13.2. The lowest BCUT2D eigenvalue weighted by atomic mass is 10.2. The molecular weight excluding hydrogens is 400 g/mol. The third-order valence-electron chi connectivity index (χ3n) is 5.00. The van der Waals surface area contributed by atoms with Gasteiger partial charge in [0.05, 0.1) is 6.54 Å². The van der Waals surface area contributed by atoms with E-state index in [0.29, 0.717) is 13.1 Å². The van der Waals surface area contributed by atoms with Crippen molar-refractivity contribution >= 4 is 21.8 Å². The van der Waals surface area contributed by atoms with Crippen molar-refractivity contribution in [2.45, 2.75) is 32.5 Å². The van der Waals surface area contributed by atoms with Gasteiger partial charge >= 0.3 is 0 Å². The van der Waals surface area contributed by atoms with Crippen LogP contribution in [0.3, 0.4) is 0 Å². The average molecular weight is 423 g/mol. The van der Waals surface area contributed by atoms with E-state index in [9.17, 15) is 4.79 Å². The van der Waals surface area contributed by atoms with Crippen LogP contribution in [-0.4, -0.2) is 15.4 Å². The maximum atomic E-state index is 12.9. The van der Waals surface area contributed by atoms with Gasteiger partial charge in [-0.3, -0.25) is 4.79 Å². The molecule has 4 rings (SSSR count). The molecule has 2 aromatic carbocycles. The van der Waals surface area contributed by atoms with Gasteiger partial charge in [-0.15, -0.1) is 0 Å². The second-order valence-corrected chi connectivity index (χ2v) is 8.12. The van der Waals surface area contributed by atoms with E-state index in [4.69, 9.17) is 0 Å². The summed E-state index contributed by atoms with van der Waals surface area (Å²) in [6.07, 6.45) is 4.16. The third kappa shape index (κ3) is 4.69. The minimum Gasteiger partial charge on any atom is -0.345 e. The number of amides is 1. The Morgan fingerprint density at radius 1 is 0.926 bits per heavy atom. The smallest absolute Gasteiger partial charge is 0.226 e. The standard InChI is InChI=1S/C23H23BrN2O/c24-21-12-8-19(9-13-21)15-25-14-4-7-22(25)17-26(23(27)20-10-11-20)16-18-5-2-1-3-6-18/h1-9,12-14,20H,10-11,15-17H2. The van der Waals surface area contributed by atoms with Crippen molar-refractivity contribution in [3.63, 3.8) is 0 Å². The Bertz CT molecular complexity index is 898. The zero-order chi connectivity index (χ0) is 18.6. The lowest BCUT2D eigenvalue weighted by Crippen LogP contribution is -2.32. The number of nitrogens with zero attached hydrogens (tertiary/aromatic N) is 2. The number of hydrogen-bond acceptors (Lipinski definition) is 1. The number of rotatable bonds is 7. The van der Waals surface area contributed by atoms with E-state index in [1.165, 1.54) is 16.8 Å². The Balaban J connectivity index is 1.51. The first kappa shape index (κ1) is 18.1. The van der Waals surface area contributed by atoms with Gasteiger partial charge in [-0.1, -0.05) is 58.4 Å². The minimum absolute atomic E-state index is 0.226. The van der Waals surface area contributed by atoms with Gasteiger partial charge in [0.2, 0.25) is 5.91 Å². The first-order valence-electron chi connectivity index (χ1n) is 9.40. The Morgan fingerprint density at radius 2 is 1.67 bits per heavy atom. The highest BCUT2D eigenvalue weighted by Crippen LogP contribution is 2.32. The SMILES string of the molecule is O=C(C1CC1)N(Cc1ccccc1)Cc1cccn1Cc1ccc(Br)cc1. The Labute approximate surface area is 168 Å². The predicted molar refractivity (Wildman–Crippen MR) is 111 cm³/mol. The first-order valence-corrected chi connectivity index (χ1v) is 10.2. The summed E-state index contributed by atoms with van der Waals surface area (Å²) in [6.45, 7) is 2.12. The molecule has 1 heterocycles. The second-order valence-electron chi connectivity index (χ2n) is 7.21. The van der Waals surface area contributed by atoms with Crippen molar-refractivity contribution in [1.82, 2.24) is 9.47 Å². The summed E-state index contributed by atoms with van der Waals surface area (Å²) in [5.41, 5.74) is 3.60. The van der Waals surface area contributed by atoms with E-state index in [0.717, 1.165) is 23.9 Å². The third-order valence-corrected chi connectivity index (χ3v) is 5.53. The quantitative estimate of drug-likeness (QED) is 0.511. The summed E-state index contributed by atoms with van der Waals surface area (Å²) in [5.74, 6) is 0.513. The predicted octanol–water partition coefficient (Wildman–Crippen LogP) is 5.24. The number of hydrogen-bond donors (Lipinski definition) is 0. The van der Waals surface area contributed by atoms with Crippen molar-refractivity contribution in [2.24, 2.45) is 5.92 Å². The molecule has 0 radical (unpaired) electrons. The van der Waals surface area contributed by atoms with Crippen molar-refractivity contribution in [2.75, 3.05) is 0 Å². The van der Waals surface area contributed by atoms with Crippen LogP contribution >= 0.6 is 15.9 Å². The summed E-state index contributed by atoms with van der Waals surface area (Å²) in [6, 6.07) is 22.8. The van der Waals surface area contributed by atoms with Crippen LogP contribution in [0.25, 0.3) is 0 Å². The molecular formula is C23H23BrN2O. The topological polar surface area (TPSA) is 25.2 Å². The molecule has 0 aliphatic heterocycles. The molecule has 0 atom stereocenters. The van der Waals surface area contributed by atoms with Crippen LogP contribution in [0, 0.1) is 5.92 Å². The molecule has 3 aromatic rings. The summed E-state index contributed by atoms with van der Waals surface area (Å²) in [4.78, 5) is 14.9. The normalized spacial score (nSPS) is 13.5. The second kappa shape index (κ2) is 8.13. The lowest BCUT2D eigenvalue weighted by Gasteiger charge is -2.24. The molecule has 0 bridgehead atoms. The van der Waals surface area contributed by atoms with Crippen molar-refractivity contribution in [3.8, 4) is 0 Å². The fourth-order valence-corrected chi connectivity index (χ4v) is 3.60. The number of carbonyl (C=O) groups excluding carboxylic acids is 1. The average Bonchev–Trinajstić information content (AvgIpc) is 3.45. The Hall–Kier alpha value is -2.33. The van der Waals surface area contributed by atoms with Gasteiger partial charge in [-0.2, -0.15) is 0 Å². The molecule has 0 N–H and O–H groups in total. The highest BCUT2D eigenvalue weighted by molar-refractivity contribution is 9.10. The van der Waals surface area contributed by atoms with Gasteiger partial charge in [0, 0.05) is 35.4 Å². The van der Waals surface area contributed by atoms with E-state index >= 15 is 0 Å². The van der Waals surface area contributed by atoms with Crippen molar-refractivity contribution in [3.05, 3.63) is 94.2 Å². The molecule has 1 aromatic heterocycles. The number of aromatic nitrogens is 1. The van der Waals surface area contributed by atoms with Crippen LogP contribution in [0.5, 0.6) is 0 Å². The fourth-order valence-electron chi connectivity index (χ4n) is 3.33. The van der Waals surface area contributed by atoms with Gasteiger partial charge in [0.15, 0.2) is 0 Å². The van der Waals surface area contributed by atoms with E-state index in [1.54, 1.807) is 0 Å². The van der Waals surface area contributed by atoms with Crippen LogP contribution in [0.4, 0.5) is 0 Å². The molecule has 0 spiro atoms. The zero-order valence-corrected chi connectivity index (χ0v) is 16.8. The molecule has 0 saturated heterocycles. The van der Waals surface area contributed by atoms with Crippen LogP contribution in [0.1, 0.15) is 29.7 Å². The maximum Gasteiger partial charge on any atom is 0.226 e. The summed E-state index contributed by atoms with van der Waals surface area (Å²) in [7, 11) is 0. The van der Waals surface area contributed by atoms with Crippen LogP contribution in [-0.2, 0) is 24.4 Å². The Kier molecular flexibility index (Phi) is 5.44. The molecule has 0 unspecified atom stereocenters. The summed E-state index contributed by atoms with van der Waals surface area (Å²) in [5, 5.41) is 0. The fraction of sp³-hybridized carbons (Fsp3) is 0.261. The van der Waals surface area contributed by atoms with Gasteiger partial charge in [0.25, 0.3) is 0 Å². The number of benzene rings is 2. The largest absolute Gasteiger partial charge is 0.345 e. The molecule has 1 saturated carbocycles. The molecule has 1 amide bonds. The maximum absolute atomic E-state index is 12.9. The minimum atomic E-state index is 0.226. The van der Waals surface area contributed by atoms with Gasteiger partial charge < -0.3 is 9.47 Å². The van der Waals surface area contributed by atoms with Crippen molar-refractivity contribution < 1.29 is 4.79 Å². The molecule has 1 fully saturated rings. The van der Waals surface area contributed by atoms with Gasteiger partial charge in [-0.25, -0.2) is 0 Å². The van der Waals surface area contributed by atoms with E-state index in [1.807, 2.05) is 23.1 Å². The molecule has 3 nitrogen and oxygen atoms in total. The molecule has 1 aliphatic rings. The number of carbonyl (C=O) groups is 1. The van der Waals surface area contributed by atoms with Crippen LogP contribution in [0.2, 0.25) is 0 Å². The van der Waals surface area contributed by atoms with E-state index in [-0.39, 0.29) is 11.8 Å². The Morgan fingerprint density at radius 3 is 2.37 bits per heavy atom. The van der Waals surface area contributed by atoms with E-state index < -0.39 is 0 Å². The molecule has 27 heavy (non-hydrogen) atoms. The van der Waals surface area contributed by atoms with E-state index in [2.05, 4.69) is 75.2 Å². The van der Waals surface area contributed by atoms with Gasteiger partial charge in [0.1, 0.15) is 0 Å². The highest BCUT2D eigenvalue weighted by Gasteiger charge is 2.33. The molecule has 4 heteroatoms. The van der Waals surface area contributed by atoms with Crippen LogP contribution in [0.15, 0.2) is 77.4 Å². The lowest BCUT2D eigenvalue weighted by molar-refractivity contribution is -0.133. The van der Waals surface area contributed by atoms with Gasteiger partial charge in [-0.05, 0) is 48.2 Å². The monoisotopic (exact) mass is 422 g/mol. The molecule has 138 valence electrons. The van der Waals surface area contributed by atoms with Crippen LogP contribution < -0.4 is 0 Å². The summed E-state index contributed by atoms with van der Waals surface area (Å²) >= 11 is 3.49. The molecule has 1 aliphatic carbocycles. The highest BCUT2D eigenvalue weighted by atomic mass is 79.9. The summed E-state index contributed by atoms with van der Waals surface area (Å²) < 4.78 is 3.32.